The first kappa shape index (κ1) is 32.2. The van der Waals surface area contributed by atoms with Gasteiger partial charge in [-0.1, -0.05) is 126 Å². The third-order valence-electron chi connectivity index (χ3n) is 6.35. The number of ether oxygens (including phenoxy) is 6. The normalized spacial score (nSPS) is 22.3. The Kier molecular flexibility index (Phi) is 12.0. The summed E-state index contributed by atoms with van der Waals surface area (Å²) < 4.78 is 34.2. The molecule has 1 saturated heterocycles. The molecule has 0 bridgehead atoms. The number of esters is 1. The quantitative estimate of drug-likeness (QED) is 0.106. The summed E-state index contributed by atoms with van der Waals surface area (Å²) in [5.74, 6) is -1.32. The van der Waals surface area contributed by atoms with Crippen LogP contribution in [-0.2, 0) is 53.0 Å². The van der Waals surface area contributed by atoms with Crippen LogP contribution in [0.25, 0.3) is 0 Å². The van der Waals surface area contributed by atoms with Gasteiger partial charge in [-0.25, -0.2) is 0 Å². The zero-order chi connectivity index (χ0) is 30.0. The molecule has 3 aromatic carbocycles. The summed E-state index contributed by atoms with van der Waals surface area (Å²) in [4.78, 5) is 12.3. The third-order valence-corrected chi connectivity index (χ3v) is 6.86. The minimum absolute atomic E-state index is 0.0628. The zero-order valence-corrected chi connectivity index (χ0v) is 25.1. The van der Waals surface area contributed by atoms with Crippen molar-refractivity contribution in [3.8, 4) is 0 Å². The monoisotopic (exact) mass is 635 g/mol. The highest BCUT2D eigenvalue weighted by Crippen LogP contribution is 2.34. The number of carbonyl (C=O) groups excluding carboxylic acids is 1. The van der Waals surface area contributed by atoms with E-state index < -0.39 is 46.4 Å². The largest absolute Gasteiger partial charge is 0.453 e. The van der Waals surface area contributed by atoms with Crippen LogP contribution in [0.15, 0.2) is 91.0 Å². The number of rotatable bonds is 12. The Balaban J connectivity index is 1.64. The van der Waals surface area contributed by atoms with Crippen molar-refractivity contribution in [2.75, 3.05) is 6.61 Å². The average molecular weight is 637 g/mol. The van der Waals surface area contributed by atoms with E-state index in [0.29, 0.717) is 6.61 Å². The van der Waals surface area contributed by atoms with Crippen molar-refractivity contribution in [3.05, 3.63) is 108 Å². The lowest BCUT2D eigenvalue weighted by molar-refractivity contribution is -0.305. The van der Waals surface area contributed by atoms with Crippen LogP contribution in [0.3, 0.4) is 0 Å². The SMILES string of the molecule is CC(=O)O[C@@H]1[C@@H](OC(=N)C(Cl)(Cl)Cl)O[C@H](COCc2ccccc2)[C@@H](OCc2ccccc2)[C@@H]1OCc1ccccc1. The molecule has 0 spiro atoms. The minimum atomic E-state index is -2.18. The molecule has 11 heteroatoms. The third kappa shape index (κ3) is 9.67. The number of carbonyl (C=O) groups is 1. The molecule has 8 nitrogen and oxygen atoms in total. The van der Waals surface area contributed by atoms with Crippen LogP contribution in [0, 0.1) is 5.41 Å². The molecule has 4 rings (SSSR count). The Morgan fingerprint density at radius 3 is 1.69 bits per heavy atom. The number of benzene rings is 3. The molecule has 1 N–H and O–H groups in total. The van der Waals surface area contributed by atoms with Crippen molar-refractivity contribution in [1.82, 2.24) is 0 Å². The van der Waals surface area contributed by atoms with Gasteiger partial charge in [-0.2, -0.15) is 0 Å². The topological polar surface area (TPSA) is 96.3 Å². The standard InChI is InChI=1S/C31H32Cl3NO7/c1-21(36)40-28-27(39-19-24-15-9-4-10-16-24)26(38-18-23-13-7-3-8-14-23)25(20-37-17-22-11-5-2-6-12-22)41-29(28)42-30(35)31(32,33)34/h2-16,25-29,35H,17-20H2,1H3/t25-,26-,27+,28+,29-/m1/s1. The van der Waals surface area contributed by atoms with Crippen LogP contribution in [0.1, 0.15) is 23.6 Å². The summed E-state index contributed by atoms with van der Waals surface area (Å²) in [6.45, 7) is 2.01. The Labute approximate surface area is 260 Å². The van der Waals surface area contributed by atoms with Crippen LogP contribution >= 0.6 is 34.8 Å². The molecule has 0 amide bonds. The van der Waals surface area contributed by atoms with Crippen LogP contribution in [0.2, 0.25) is 0 Å². The van der Waals surface area contributed by atoms with Crippen LogP contribution in [0.4, 0.5) is 0 Å². The Bertz CT molecular complexity index is 1260. The second-order valence-corrected chi connectivity index (χ2v) is 11.9. The van der Waals surface area contributed by atoms with E-state index in [2.05, 4.69) is 0 Å². The molecule has 0 radical (unpaired) electrons. The van der Waals surface area contributed by atoms with E-state index in [0.717, 1.165) is 16.7 Å². The summed E-state index contributed by atoms with van der Waals surface area (Å²) in [5.41, 5.74) is 2.77. The number of alkyl halides is 3. The highest BCUT2D eigenvalue weighted by Gasteiger charge is 2.52. The molecule has 0 unspecified atom stereocenters. The molecule has 0 aliphatic carbocycles. The lowest BCUT2D eigenvalue weighted by Crippen LogP contribution is -2.62. The van der Waals surface area contributed by atoms with E-state index in [1.165, 1.54) is 6.92 Å². The molecule has 1 heterocycles. The Morgan fingerprint density at radius 2 is 1.21 bits per heavy atom. The number of hydrogen-bond donors (Lipinski definition) is 1. The molecular weight excluding hydrogens is 605 g/mol. The van der Waals surface area contributed by atoms with E-state index >= 15 is 0 Å². The maximum Gasteiger partial charge on any atom is 0.303 e. The first-order valence-corrected chi connectivity index (χ1v) is 14.4. The highest BCUT2D eigenvalue weighted by atomic mass is 35.6. The van der Waals surface area contributed by atoms with Gasteiger partial charge in [0.1, 0.15) is 18.3 Å². The van der Waals surface area contributed by atoms with Crippen molar-refractivity contribution in [1.29, 1.82) is 5.41 Å². The molecule has 0 aromatic heterocycles. The second kappa shape index (κ2) is 15.7. The van der Waals surface area contributed by atoms with E-state index in [1.54, 1.807) is 0 Å². The van der Waals surface area contributed by atoms with Crippen molar-refractivity contribution >= 4 is 46.7 Å². The maximum atomic E-state index is 12.3. The summed E-state index contributed by atoms with van der Waals surface area (Å²) in [6.07, 6.45) is -5.01. The van der Waals surface area contributed by atoms with E-state index in [4.69, 9.17) is 68.6 Å². The van der Waals surface area contributed by atoms with Gasteiger partial charge in [0, 0.05) is 6.92 Å². The lowest BCUT2D eigenvalue weighted by atomic mass is 9.98. The molecule has 5 atom stereocenters. The molecule has 3 aromatic rings. The van der Waals surface area contributed by atoms with Gasteiger partial charge in [-0.05, 0) is 16.7 Å². The zero-order valence-electron chi connectivity index (χ0n) is 22.9. The first-order chi connectivity index (χ1) is 20.2. The molecule has 42 heavy (non-hydrogen) atoms. The molecular formula is C31H32Cl3NO7. The van der Waals surface area contributed by atoms with Gasteiger partial charge in [0.25, 0.3) is 3.79 Å². The molecule has 0 saturated carbocycles. The van der Waals surface area contributed by atoms with Gasteiger partial charge in [-0.15, -0.1) is 0 Å². The van der Waals surface area contributed by atoms with Crippen LogP contribution in [0.5, 0.6) is 0 Å². The summed E-state index contributed by atoms with van der Waals surface area (Å²) >= 11 is 17.7. The highest BCUT2D eigenvalue weighted by molar-refractivity contribution is 6.76. The minimum Gasteiger partial charge on any atom is -0.453 e. The van der Waals surface area contributed by atoms with Gasteiger partial charge in [0.15, 0.2) is 6.10 Å². The van der Waals surface area contributed by atoms with Gasteiger partial charge >= 0.3 is 5.97 Å². The van der Waals surface area contributed by atoms with Crippen molar-refractivity contribution in [2.45, 2.75) is 61.2 Å². The molecule has 224 valence electrons. The van der Waals surface area contributed by atoms with Gasteiger partial charge in [0.2, 0.25) is 12.2 Å². The predicted molar refractivity (Wildman–Crippen MR) is 159 cm³/mol. The van der Waals surface area contributed by atoms with Gasteiger partial charge in [-0.3, -0.25) is 10.2 Å². The Morgan fingerprint density at radius 1 is 0.738 bits per heavy atom. The van der Waals surface area contributed by atoms with Crippen LogP contribution in [-0.4, -0.2) is 53.0 Å². The fourth-order valence-electron chi connectivity index (χ4n) is 4.40. The van der Waals surface area contributed by atoms with Crippen LogP contribution < -0.4 is 0 Å². The fraction of sp³-hybridized carbons (Fsp3) is 0.355. The van der Waals surface area contributed by atoms with Crippen molar-refractivity contribution < 1.29 is 33.2 Å². The summed E-state index contributed by atoms with van der Waals surface area (Å²) in [6, 6.07) is 28.8. The smallest absolute Gasteiger partial charge is 0.303 e. The molecule has 1 aliphatic heterocycles. The predicted octanol–water partition coefficient (Wildman–Crippen LogP) is 6.39. The van der Waals surface area contributed by atoms with E-state index in [1.807, 2.05) is 91.0 Å². The number of nitrogens with one attached hydrogen (secondary N) is 1. The summed E-state index contributed by atoms with van der Waals surface area (Å²) in [7, 11) is 0. The second-order valence-electron chi connectivity index (χ2n) is 9.58. The van der Waals surface area contributed by atoms with Crippen molar-refractivity contribution in [2.24, 2.45) is 0 Å². The fourth-order valence-corrected chi connectivity index (χ4v) is 4.53. The maximum absolute atomic E-state index is 12.3. The molecule has 1 fully saturated rings. The van der Waals surface area contributed by atoms with Crippen molar-refractivity contribution in [3.63, 3.8) is 0 Å². The first-order valence-electron chi connectivity index (χ1n) is 13.3. The summed E-state index contributed by atoms with van der Waals surface area (Å²) in [5, 5.41) is 8.17. The number of halogens is 3. The van der Waals surface area contributed by atoms with Gasteiger partial charge in [0.05, 0.1) is 26.4 Å². The number of hydrogen-bond acceptors (Lipinski definition) is 8. The average Bonchev–Trinajstić information content (AvgIpc) is 2.97. The lowest BCUT2D eigenvalue weighted by Gasteiger charge is -2.45. The molecule has 1 aliphatic rings. The Hall–Kier alpha value is -2.69. The van der Waals surface area contributed by atoms with E-state index in [9.17, 15) is 4.79 Å². The van der Waals surface area contributed by atoms with E-state index in [-0.39, 0.29) is 19.8 Å². The van der Waals surface area contributed by atoms with Gasteiger partial charge < -0.3 is 28.4 Å².